The highest BCUT2D eigenvalue weighted by molar-refractivity contribution is 8.00. The monoisotopic (exact) mass is 1070 g/mol. The summed E-state index contributed by atoms with van der Waals surface area (Å²) < 4.78 is 16.0. The minimum atomic E-state index is -1.41. The Hall–Kier alpha value is -8.60. The average molecular weight is 1070 g/mol. The van der Waals surface area contributed by atoms with Crippen molar-refractivity contribution in [3.8, 4) is 0 Å². The number of anilines is 1. The van der Waals surface area contributed by atoms with Crippen LogP contribution >= 0.6 is 23.1 Å². The Kier molecular flexibility index (Phi) is 16.0. The van der Waals surface area contributed by atoms with Crippen molar-refractivity contribution in [2.45, 2.75) is 50.3 Å². The molecule has 16 heteroatoms. The summed E-state index contributed by atoms with van der Waals surface area (Å²) in [6.45, 7) is 8.97. The molecule has 2 N–H and O–H groups in total. The maximum atomic E-state index is 15.3. The molecule has 2 aliphatic heterocycles. The van der Waals surface area contributed by atoms with Crippen LogP contribution in [0.4, 0.5) is 5.13 Å². The van der Waals surface area contributed by atoms with E-state index in [1.54, 1.807) is 26.2 Å². The largest absolute Gasteiger partial charge is 0.458 e. The first-order valence-electron chi connectivity index (χ1n) is 24.7. The van der Waals surface area contributed by atoms with Crippen molar-refractivity contribution < 1.29 is 43.0 Å². The number of rotatable bonds is 19. The first-order valence-corrected chi connectivity index (χ1v) is 26.6. The fraction of sp³-hybridized carbons (Fsp3) is 0.197. The van der Waals surface area contributed by atoms with Crippen LogP contribution in [0.5, 0.6) is 0 Å². The van der Waals surface area contributed by atoms with E-state index in [1.165, 1.54) is 34.9 Å². The van der Waals surface area contributed by atoms with Crippen LogP contribution in [0.2, 0.25) is 0 Å². The Balaban J connectivity index is 1.12. The van der Waals surface area contributed by atoms with E-state index in [1.807, 2.05) is 182 Å². The van der Waals surface area contributed by atoms with Gasteiger partial charge in [0.15, 0.2) is 10.8 Å². The van der Waals surface area contributed by atoms with Gasteiger partial charge in [-0.2, -0.15) is 0 Å². The van der Waals surface area contributed by atoms with E-state index in [4.69, 9.17) is 29.2 Å². The Morgan fingerprint density at radius 2 is 1.16 bits per heavy atom. The Bertz CT molecular complexity index is 3140. The third kappa shape index (κ3) is 11.1. The normalized spacial score (nSPS) is 15.6. The molecule has 9 rings (SSSR count). The minimum absolute atomic E-state index is 0.0986. The third-order valence-electron chi connectivity index (χ3n) is 12.9. The number of nitrogens with one attached hydrogen (secondary N) is 2. The molecule has 2 amide bonds. The lowest BCUT2D eigenvalue weighted by Crippen LogP contribution is -2.71. The molecule has 0 radical (unpaired) electrons. The summed E-state index contributed by atoms with van der Waals surface area (Å²) in [5.74, 6) is -3.67. The van der Waals surface area contributed by atoms with Crippen LogP contribution in [0.1, 0.15) is 66.8 Å². The van der Waals surface area contributed by atoms with Gasteiger partial charge in [-0.15, -0.1) is 23.1 Å². The summed E-state index contributed by atoms with van der Waals surface area (Å²) in [6, 6.07) is 57.5. The van der Waals surface area contributed by atoms with Gasteiger partial charge in [0, 0.05) is 39.0 Å². The summed E-state index contributed by atoms with van der Waals surface area (Å²) >= 11 is 2.50. The SMILES string of the molecule is C=C(C)C(=O)OCC1=C(C(=O)OCOC(=O)C(C)(C)C)N2C(=O)[C@@H](NC(=O)/C(=N\OC(c3ccccc3)(c3ccccc3)c3ccccc3)c3csc(NC(c4ccccc4)(c4ccccc4)c4ccccc4)n3)[C@H]2SC1. The number of carbonyl (C=O) groups excluding carboxylic acids is 5. The maximum absolute atomic E-state index is 15.3. The van der Waals surface area contributed by atoms with Crippen molar-refractivity contribution in [3.05, 3.63) is 250 Å². The van der Waals surface area contributed by atoms with Crippen molar-refractivity contribution in [2.75, 3.05) is 24.5 Å². The van der Waals surface area contributed by atoms with E-state index in [-0.39, 0.29) is 40.6 Å². The summed E-state index contributed by atoms with van der Waals surface area (Å²) in [6.07, 6.45) is 0. The number of thiazole rings is 1. The van der Waals surface area contributed by atoms with Gasteiger partial charge >= 0.3 is 17.9 Å². The van der Waals surface area contributed by atoms with Crippen molar-refractivity contribution in [3.63, 3.8) is 0 Å². The molecule has 1 saturated heterocycles. The second kappa shape index (κ2) is 23.1. The number of carbonyl (C=O) groups is 5. The standard InChI is InChI=1S/C61H55N5O9S2/c1-40(2)55(69)72-36-41-37-76-54-50(53(68)66(54)51(41)56(70)73-39-74-57(71)59(3,4)5)63-52(67)49(65-75-61(45-30-18-9-19-31-45,46-32-20-10-21-33-46)47-34-22-11-23-35-47)48-38-77-58(62-48)64-60(42-24-12-6-13-25-42,43-26-14-7-15-27-43)44-28-16-8-17-29-44/h6-35,38,50,54H,1,36-37,39H2,2-5H3,(H,62,64)(H,63,67)/b65-49-/t50-,54-/m1/s1. The van der Waals surface area contributed by atoms with Gasteiger partial charge in [0.25, 0.3) is 11.8 Å². The maximum Gasteiger partial charge on any atom is 0.358 e. The van der Waals surface area contributed by atoms with Crippen LogP contribution in [-0.2, 0) is 54.2 Å². The molecule has 77 heavy (non-hydrogen) atoms. The van der Waals surface area contributed by atoms with Gasteiger partial charge in [-0.05, 0) is 44.4 Å². The molecule has 2 atom stereocenters. The Morgan fingerprint density at radius 3 is 1.61 bits per heavy atom. The van der Waals surface area contributed by atoms with Crippen molar-refractivity contribution in [2.24, 2.45) is 10.6 Å². The van der Waals surface area contributed by atoms with E-state index in [0.717, 1.165) is 16.7 Å². The quantitative estimate of drug-likeness (QED) is 0.0149. The second-order valence-corrected chi connectivity index (χ2v) is 21.2. The lowest BCUT2D eigenvalue weighted by atomic mass is 9.77. The number of hydrogen-bond acceptors (Lipinski definition) is 14. The summed E-state index contributed by atoms with van der Waals surface area (Å²) in [5.41, 5.74) is 1.76. The molecule has 1 fully saturated rings. The molecule has 14 nitrogen and oxygen atoms in total. The van der Waals surface area contributed by atoms with Gasteiger partial charge < -0.3 is 29.7 Å². The lowest BCUT2D eigenvalue weighted by molar-refractivity contribution is -0.173. The molecule has 1 aromatic heterocycles. The molecule has 2 aliphatic rings. The van der Waals surface area contributed by atoms with Crippen LogP contribution in [0, 0.1) is 5.41 Å². The van der Waals surface area contributed by atoms with Gasteiger partial charge in [0.2, 0.25) is 12.4 Å². The van der Waals surface area contributed by atoms with Crippen LogP contribution in [0.3, 0.4) is 0 Å². The fourth-order valence-corrected chi connectivity index (χ4v) is 11.1. The zero-order valence-corrected chi connectivity index (χ0v) is 44.3. The number of β-lactam (4-membered cyclic amide) rings is 1. The summed E-state index contributed by atoms with van der Waals surface area (Å²) in [7, 11) is 0. The predicted octanol–water partition coefficient (Wildman–Crippen LogP) is 10.1. The molecule has 7 aromatic rings. The molecule has 390 valence electrons. The first-order chi connectivity index (χ1) is 37.2. The summed E-state index contributed by atoms with van der Waals surface area (Å²) in [4.78, 5) is 82.0. The molecular weight excluding hydrogens is 1010 g/mol. The van der Waals surface area contributed by atoms with E-state index < -0.39 is 64.5 Å². The zero-order valence-electron chi connectivity index (χ0n) is 42.7. The van der Waals surface area contributed by atoms with Crippen molar-refractivity contribution in [1.29, 1.82) is 0 Å². The highest BCUT2D eigenvalue weighted by atomic mass is 32.2. The van der Waals surface area contributed by atoms with Crippen LogP contribution in [0.15, 0.2) is 216 Å². The molecule has 0 unspecified atom stereocenters. The predicted molar refractivity (Wildman–Crippen MR) is 296 cm³/mol. The van der Waals surface area contributed by atoms with E-state index in [0.29, 0.717) is 21.8 Å². The Labute approximate surface area is 454 Å². The molecule has 0 spiro atoms. The molecule has 3 heterocycles. The number of ether oxygens (including phenoxy) is 3. The second-order valence-electron chi connectivity index (χ2n) is 19.2. The Morgan fingerprint density at radius 1 is 0.688 bits per heavy atom. The zero-order chi connectivity index (χ0) is 54.2. The van der Waals surface area contributed by atoms with Gasteiger partial charge in [-0.1, -0.05) is 194 Å². The topological polar surface area (TPSA) is 175 Å². The number of esters is 3. The van der Waals surface area contributed by atoms with Crippen LogP contribution in [-0.4, -0.2) is 75.9 Å². The van der Waals surface area contributed by atoms with E-state index in [2.05, 4.69) is 17.2 Å². The number of thioether (sulfide) groups is 1. The van der Waals surface area contributed by atoms with E-state index >= 15 is 4.79 Å². The van der Waals surface area contributed by atoms with Crippen molar-refractivity contribution >= 4 is 63.7 Å². The number of nitrogens with zero attached hydrogens (tertiary/aromatic N) is 3. The highest BCUT2D eigenvalue weighted by Crippen LogP contribution is 2.44. The molecule has 6 aromatic carbocycles. The number of oxime groups is 1. The number of aromatic nitrogens is 1. The number of benzene rings is 6. The minimum Gasteiger partial charge on any atom is -0.458 e. The average Bonchev–Trinajstić information content (AvgIpc) is 3.95. The van der Waals surface area contributed by atoms with Gasteiger partial charge in [0.05, 0.1) is 5.41 Å². The van der Waals surface area contributed by atoms with Crippen LogP contribution in [0.25, 0.3) is 0 Å². The highest BCUT2D eigenvalue weighted by Gasteiger charge is 2.55. The molecule has 0 aliphatic carbocycles. The van der Waals surface area contributed by atoms with E-state index in [9.17, 15) is 19.2 Å². The molecular formula is C61H55N5O9S2. The number of amides is 2. The fourth-order valence-electron chi connectivity index (χ4n) is 9.07. The van der Waals surface area contributed by atoms with Crippen LogP contribution < -0.4 is 10.6 Å². The van der Waals surface area contributed by atoms with Crippen molar-refractivity contribution in [1.82, 2.24) is 15.2 Å². The smallest absolute Gasteiger partial charge is 0.358 e. The first kappa shape index (κ1) is 53.2. The molecule has 0 saturated carbocycles. The van der Waals surface area contributed by atoms with Gasteiger partial charge in [-0.3, -0.25) is 19.3 Å². The molecule has 0 bridgehead atoms. The lowest BCUT2D eigenvalue weighted by Gasteiger charge is -2.49. The third-order valence-corrected chi connectivity index (χ3v) is 15.0. The summed E-state index contributed by atoms with van der Waals surface area (Å²) in [5, 5.41) is 12.8. The number of fused-ring (bicyclic) bond motifs is 1. The number of hydrogen-bond donors (Lipinski definition) is 2. The van der Waals surface area contributed by atoms with Gasteiger partial charge in [-0.25, -0.2) is 14.6 Å². The van der Waals surface area contributed by atoms with Gasteiger partial charge in [0.1, 0.15) is 35.0 Å².